The largest absolute Gasteiger partial charge is 0.344 e. The van der Waals surface area contributed by atoms with Gasteiger partial charge >= 0.3 is 0 Å². The van der Waals surface area contributed by atoms with Crippen LogP contribution in [0.15, 0.2) is 0 Å². The molecule has 118 valence electrons. The van der Waals surface area contributed by atoms with E-state index < -0.39 is 12.1 Å². The first kappa shape index (κ1) is 16.3. The summed E-state index contributed by atoms with van der Waals surface area (Å²) in [7, 11) is 0. The van der Waals surface area contributed by atoms with Gasteiger partial charge in [-0.1, -0.05) is 20.3 Å². The number of hydrogen-bond acceptors (Lipinski definition) is 5. The highest BCUT2D eigenvalue weighted by atomic mass is 32.2. The minimum Gasteiger partial charge on any atom is -0.344 e. The van der Waals surface area contributed by atoms with Gasteiger partial charge in [0, 0.05) is 18.7 Å². The van der Waals surface area contributed by atoms with Crippen molar-refractivity contribution >= 4 is 29.4 Å². The maximum Gasteiger partial charge on any atom is 0.243 e. The fraction of sp³-hybridized carbons (Fsp3) is 0.786. The molecule has 2 rings (SSSR count). The number of rotatable bonds is 6. The van der Waals surface area contributed by atoms with Crippen molar-refractivity contribution in [1.29, 1.82) is 0 Å². The third-order valence-corrected chi connectivity index (χ3v) is 5.28. The number of ketones is 1. The molecule has 0 bridgehead atoms. The predicted octanol–water partition coefficient (Wildman–Crippen LogP) is 0.0275. The van der Waals surface area contributed by atoms with Crippen LogP contribution in [-0.2, 0) is 14.4 Å². The minimum atomic E-state index is -0.499. The van der Waals surface area contributed by atoms with E-state index in [-0.39, 0.29) is 28.9 Å². The summed E-state index contributed by atoms with van der Waals surface area (Å²) < 4.78 is 0. The Morgan fingerprint density at radius 1 is 1.48 bits per heavy atom. The van der Waals surface area contributed by atoms with Crippen molar-refractivity contribution in [2.24, 2.45) is 5.92 Å². The second-order valence-corrected chi connectivity index (χ2v) is 6.85. The van der Waals surface area contributed by atoms with Gasteiger partial charge in [-0.2, -0.15) is 0 Å². The van der Waals surface area contributed by atoms with Crippen molar-refractivity contribution in [2.75, 3.05) is 12.3 Å². The van der Waals surface area contributed by atoms with Gasteiger partial charge in [-0.15, -0.1) is 11.8 Å². The van der Waals surface area contributed by atoms with E-state index in [1.165, 1.54) is 0 Å². The van der Waals surface area contributed by atoms with E-state index in [1.54, 1.807) is 11.8 Å². The molecule has 0 radical (unpaired) electrons. The average molecular weight is 313 g/mol. The Kier molecular flexibility index (Phi) is 5.64. The highest BCUT2D eigenvalue weighted by molar-refractivity contribution is 8.00. The molecule has 0 aromatic rings. The molecule has 0 aliphatic carbocycles. The lowest BCUT2D eigenvalue weighted by Crippen LogP contribution is -2.54. The SMILES string of the molecule is CCC(C)C(NC(=O)C1CCC(=O)N1)C(=O)C1NCCS1. The lowest BCUT2D eigenvalue weighted by Gasteiger charge is -2.26. The number of thioether (sulfide) groups is 1. The molecule has 2 amide bonds. The summed E-state index contributed by atoms with van der Waals surface area (Å²) in [6.07, 6.45) is 1.69. The maximum atomic E-state index is 12.6. The summed E-state index contributed by atoms with van der Waals surface area (Å²) >= 11 is 1.58. The van der Waals surface area contributed by atoms with Crippen molar-refractivity contribution in [2.45, 2.75) is 50.6 Å². The van der Waals surface area contributed by atoms with Crippen LogP contribution < -0.4 is 16.0 Å². The van der Waals surface area contributed by atoms with Crippen LogP contribution in [-0.4, -0.2) is 47.4 Å². The van der Waals surface area contributed by atoms with E-state index in [4.69, 9.17) is 0 Å². The average Bonchev–Trinajstić information content (AvgIpc) is 3.14. The number of amides is 2. The van der Waals surface area contributed by atoms with E-state index >= 15 is 0 Å². The molecule has 2 aliphatic heterocycles. The van der Waals surface area contributed by atoms with Crippen molar-refractivity contribution in [3.05, 3.63) is 0 Å². The molecule has 3 N–H and O–H groups in total. The van der Waals surface area contributed by atoms with E-state index in [9.17, 15) is 14.4 Å². The minimum absolute atomic E-state index is 0.0320. The quantitative estimate of drug-likeness (QED) is 0.644. The Labute approximate surface area is 129 Å². The molecule has 2 heterocycles. The Balaban J connectivity index is 2.00. The molecule has 2 saturated heterocycles. The lowest BCUT2D eigenvalue weighted by molar-refractivity contribution is -0.130. The summed E-state index contributed by atoms with van der Waals surface area (Å²) in [5.41, 5.74) is 0. The molecule has 0 saturated carbocycles. The molecule has 0 spiro atoms. The molecule has 2 fully saturated rings. The van der Waals surface area contributed by atoms with Crippen molar-refractivity contribution in [3.63, 3.8) is 0 Å². The van der Waals surface area contributed by atoms with Crippen LogP contribution in [0, 0.1) is 5.92 Å². The first-order valence-corrected chi connectivity index (χ1v) is 8.56. The standard InChI is InChI=1S/C14H23N3O3S/c1-3-8(2)11(12(19)14-15-6-7-21-14)17-13(20)9-4-5-10(18)16-9/h8-9,11,14-15H,3-7H2,1-2H3,(H,16,18)(H,17,20). The Bertz CT molecular complexity index is 424. The topological polar surface area (TPSA) is 87.3 Å². The summed E-state index contributed by atoms with van der Waals surface area (Å²) in [5, 5.41) is 8.42. The molecule has 4 unspecified atom stereocenters. The van der Waals surface area contributed by atoms with E-state index in [0.29, 0.717) is 12.8 Å². The van der Waals surface area contributed by atoms with Crippen LogP contribution in [0.2, 0.25) is 0 Å². The maximum absolute atomic E-state index is 12.6. The van der Waals surface area contributed by atoms with Crippen LogP contribution in [0.5, 0.6) is 0 Å². The van der Waals surface area contributed by atoms with Gasteiger partial charge in [0.2, 0.25) is 11.8 Å². The molecular formula is C14H23N3O3S. The molecule has 7 heteroatoms. The van der Waals surface area contributed by atoms with Gasteiger partial charge in [0.05, 0.1) is 6.04 Å². The highest BCUT2D eigenvalue weighted by Gasteiger charge is 2.36. The second-order valence-electron chi connectivity index (χ2n) is 5.64. The fourth-order valence-corrected chi connectivity index (χ4v) is 3.58. The van der Waals surface area contributed by atoms with Gasteiger partial charge in [-0.3, -0.25) is 19.7 Å². The zero-order chi connectivity index (χ0) is 15.4. The first-order valence-electron chi connectivity index (χ1n) is 7.51. The van der Waals surface area contributed by atoms with Crippen LogP contribution in [0.1, 0.15) is 33.1 Å². The third kappa shape index (κ3) is 3.97. The van der Waals surface area contributed by atoms with Gasteiger partial charge in [-0.25, -0.2) is 0 Å². The first-order chi connectivity index (χ1) is 10.0. The number of Topliss-reactive ketones (excluding diaryl/α,β-unsaturated/α-hetero) is 1. The summed E-state index contributed by atoms with van der Waals surface area (Å²) in [5.74, 6) is 0.666. The van der Waals surface area contributed by atoms with Crippen LogP contribution >= 0.6 is 11.8 Å². The smallest absolute Gasteiger partial charge is 0.243 e. The summed E-state index contributed by atoms with van der Waals surface area (Å²) in [6, 6.07) is -0.996. The highest BCUT2D eigenvalue weighted by Crippen LogP contribution is 2.20. The second kappa shape index (κ2) is 7.26. The Hall–Kier alpha value is -1.08. The summed E-state index contributed by atoms with van der Waals surface area (Å²) in [6.45, 7) is 4.79. The van der Waals surface area contributed by atoms with E-state index in [2.05, 4.69) is 16.0 Å². The van der Waals surface area contributed by atoms with Gasteiger partial charge in [0.25, 0.3) is 0 Å². The molecule has 4 atom stereocenters. The predicted molar refractivity (Wildman–Crippen MR) is 81.8 cm³/mol. The van der Waals surface area contributed by atoms with Gasteiger partial charge in [0.1, 0.15) is 11.4 Å². The molecule has 2 aliphatic rings. The Morgan fingerprint density at radius 2 is 2.24 bits per heavy atom. The van der Waals surface area contributed by atoms with E-state index in [0.717, 1.165) is 18.7 Å². The number of nitrogens with one attached hydrogen (secondary N) is 3. The zero-order valence-electron chi connectivity index (χ0n) is 12.5. The molecule has 21 heavy (non-hydrogen) atoms. The van der Waals surface area contributed by atoms with E-state index in [1.807, 2.05) is 13.8 Å². The molecular weight excluding hydrogens is 290 g/mol. The monoisotopic (exact) mass is 313 g/mol. The molecule has 0 aromatic heterocycles. The Morgan fingerprint density at radius 3 is 2.76 bits per heavy atom. The molecule has 6 nitrogen and oxygen atoms in total. The lowest BCUT2D eigenvalue weighted by atomic mass is 9.94. The van der Waals surface area contributed by atoms with Crippen LogP contribution in [0.25, 0.3) is 0 Å². The number of hydrogen-bond donors (Lipinski definition) is 3. The number of carbonyl (C=O) groups is 3. The summed E-state index contributed by atoms with van der Waals surface area (Å²) in [4.78, 5) is 36.0. The van der Waals surface area contributed by atoms with Crippen molar-refractivity contribution in [3.8, 4) is 0 Å². The van der Waals surface area contributed by atoms with Crippen molar-refractivity contribution < 1.29 is 14.4 Å². The van der Waals surface area contributed by atoms with Gasteiger partial charge < -0.3 is 10.6 Å². The normalized spacial score (nSPS) is 28.0. The van der Waals surface area contributed by atoms with Crippen molar-refractivity contribution in [1.82, 2.24) is 16.0 Å². The van der Waals surface area contributed by atoms with Gasteiger partial charge in [0.15, 0.2) is 5.78 Å². The fourth-order valence-electron chi connectivity index (χ4n) is 2.57. The molecule has 0 aromatic carbocycles. The van der Waals surface area contributed by atoms with Crippen LogP contribution in [0.3, 0.4) is 0 Å². The van der Waals surface area contributed by atoms with Crippen LogP contribution in [0.4, 0.5) is 0 Å². The zero-order valence-corrected chi connectivity index (χ0v) is 13.3. The third-order valence-electron chi connectivity index (χ3n) is 4.10. The number of carbonyl (C=O) groups excluding carboxylic acids is 3. The van der Waals surface area contributed by atoms with Gasteiger partial charge in [-0.05, 0) is 12.3 Å².